The van der Waals surface area contributed by atoms with Crippen molar-refractivity contribution in [2.24, 2.45) is 0 Å². The van der Waals surface area contributed by atoms with Crippen LogP contribution in [0.15, 0.2) is 47.4 Å². The number of anilines is 1. The van der Waals surface area contributed by atoms with Crippen molar-refractivity contribution in [3.8, 4) is 18.1 Å². The Balaban J connectivity index is 1.74. The van der Waals surface area contributed by atoms with Crippen LogP contribution in [0.2, 0.25) is 0 Å². The summed E-state index contributed by atoms with van der Waals surface area (Å²) in [6.45, 7) is 2.37. The molecule has 3 aromatic rings. The number of carbonyl (C=O) groups is 1. The van der Waals surface area contributed by atoms with Gasteiger partial charge in [0.25, 0.3) is 5.91 Å². The van der Waals surface area contributed by atoms with Crippen LogP contribution in [-0.2, 0) is 10.0 Å². The lowest BCUT2D eigenvalue weighted by Gasteiger charge is -2.05. The molecule has 1 aromatic heterocycles. The molecule has 0 radical (unpaired) electrons. The molecule has 0 aliphatic rings. The molecule has 1 heterocycles. The van der Waals surface area contributed by atoms with Gasteiger partial charge in [0.1, 0.15) is 5.75 Å². The minimum absolute atomic E-state index is 0.0303. The van der Waals surface area contributed by atoms with E-state index in [1.165, 1.54) is 35.6 Å². The van der Waals surface area contributed by atoms with Gasteiger partial charge in [-0.25, -0.2) is 13.4 Å². The SMILES string of the molecule is C#CCNS(=O)(=O)c1ccc(C(=O)Nc2nc3ccc(OCC)cc3s2)cc1. The molecule has 9 heteroatoms. The van der Waals surface area contributed by atoms with Crippen LogP contribution in [-0.4, -0.2) is 32.5 Å². The molecule has 0 aliphatic carbocycles. The average Bonchev–Trinajstić information content (AvgIpc) is 3.08. The van der Waals surface area contributed by atoms with E-state index in [-0.39, 0.29) is 17.3 Å². The first-order valence-corrected chi connectivity index (χ1v) is 10.6. The number of rotatable bonds is 7. The summed E-state index contributed by atoms with van der Waals surface area (Å²) in [5.41, 5.74) is 1.06. The predicted octanol–water partition coefficient (Wildman–Crippen LogP) is 2.86. The van der Waals surface area contributed by atoms with Gasteiger partial charge in [-0.15, -0.1) is 6.42 Å². The third kappa shape index (κ3) is 4.48. The summed E-state index contributed by atoms with van der Waals surface area (Å²) < 4.78 is 32.6. The quantitative estimate of drug-likeness (QED) is 0.579. The predicted molar refractivity (Wildman–Crippen MR) is 109 cm³/mol. The first-order chi connectivity index (χ1) is 13.4. The topological polar surface area (TPSA) is 97.4 Å². The smallest absolute Gasteiger partial charge is 0.257 e. The molecule has 0 unspecified atom stereocenters. The molecule has 0 aliphatic heterocycles. The van der Waals surface area contributed by atoms with Crippen LogP contribution in [0.3, 0.4) is 0 Å². The number of sulfonamides is 1. The minimum atomic E-state index is -3.70. The van der Waals surface area contributed by atoms with Crippen molar-refractivity contribution in [2.45, 2.75) is 11.8 Å². The number of nitrogens with zero attached hydrogens (tertiary/aromatic N) is 1. The van der Waals surface area contributed by atoms with Crippen LogP contribution in [0.1, 0.15) is 17.3 Å². The number of ether oxygens (including phenoxy) is 1. The van der Waals surface area contributed by atoms with Crippen LogP contribution in [0, 0.1) is 12.3 Å². The number of aromatic nitrogens is 1. The lowest BCUT2D eigenvalue weighted by Crippen LogP contribution is -2.24. The van der Waals surface area contributed by atoms with Gasteiger partial charge in [-0.1, -0.05) is 17.3 Å². The molecule has 0 fully saturated rings. The first kappa shape index (κ1) is 19.8. The van der Waals surface area contributed by atoms with Crippen molar-refractivity contribution in [3.05, 3.63) is 48.0 Å². The lowest BCUT2D eigenvalue weighted by molar-refractivity contribution is 0.102. The van der Waals surface area contributed by atoms with E-state index in [4.69, 9.17) is 11.2 Å². The van der Waals surface area contributed by atoms with E-state index in [2.05, 4.69) is 20.9 Å². The summed E-state index contributed by atoms with van der Waals surface area (Å²) in [7, 11) is -3.70. The van der Waals surface area contributed by atoms with Gasteiger partial charge in [0.15, 0.2) is 5.13 Å². The molecule has 3 rings (SSSR count). The largest absolute Gasteiger partial charge is 0.494 e. The molecule has 144 valence electrons. The molecule has 0 saturated heterocycles. The maximum absolute atomic E-state index is 12.4. The second kappa shape index (κ2) is 8.39. The monoisotopic (exact) mass is 415 g/mol. The van der Waals surface area contributed by atoms with Gasteiger partial charge >= 0.3 is 0 Å². The van der Waals surface area contributed by atoms with Crippen LogP contribution in [0.5, 0.6) is 5.75 Å². The van der Waals surface area contributed by atoms with E-state index in [1.807, 2.05) is 25.1 Å². The fourth-order valence-corrected chi connectivity index (χ4v) is 4.21. The molecular weight excluding hydrogens is 398 g/mol. The average molecular weight is 415 g/mol. The summed E-state index contributed by atoms with van der Waals surface area (Å²) >= 11 is 1.33. The van der Waals surface area contributed by atoms with E-state index in [9.17, 15) is 13.2 Å². The molecular formula is C19H17N3O4S2. The number of hydrogen-bond donors (Lipinski definition) is 2. The Kier molecular flexibility index (Phi) is 5.94. The third-order valence-electron chi connectivity index (χ3n) is 3.68. The highest BCUT2D eigenvalue weighted by atomic mass is 32.2. The molecule has 1 amide bonds. The van der Waals surface area contributed by atoms with E-state index in [0.717, 1.165) is 16.0 Å². The van der Waals surface area contributed by atoms with Crippen molar-refractivity contribution >= 4 is 42.6 Å². The van der Waals surface area contributed by atoms with Gasteiger partial charge in [-0.3, -0.25) is 10.1 Å². The Labute approximate surface area is 166 Å². The Bertz CT molecular complexity index is 1150. The minimum Gasteiger partial charge on any atom is -0.494 e. The number of nitrogens with one attached hydrogen (secondary N) is 2. The number of benzene rings is 2. The third-order valence-corrected chi connectivity index (χ3v) is 6.03. The van der Waals surface area contributed by atoms with Gasteiger partial charge in [-0.05, 0) is 49.4 Å². The molecule has 0 atom stereocenters. The van der Waals surface area contributed by atoms with Crippen molar-refractivity contribution in [1.29, 1.82) is 0 Å². The van der Waals surface area contributed by atoms with Crippen LogP contribution in [0.4, 0.5) is 5.13 Å². The molecule has 0 saturated carbocycles. The van der Waals surface area contributed by atoms with E-state index >= 15 is 0 Å². The van der Waals surface area contributed by atoms with Crippen LogP contribution in [0.25, 0.3) is 10.2 Å². The van der Waals surface area contributed by atoms with Crippen molar-refractivity contribution < 1.29 is 17.9 Å². The molecule has 7 nitrogen and oxygen atoms in total. The standard InChI is InChI=1S/C19H17N3O4S2/c1-3-11-20-28(24,25)15-8-5-13(6-9-15)18(23)22-19-21-16-10-7-14(26-4-2)12-17(16)27-19/h1,5-10,12,20H,4,11H2,2H3,(H,21,22,23). The zero-order valence-corrected chi connectivity index (χ0v) is 16.6. The van der Waals surface area contributed by atoms with Gasteiger partial charge in [0.05, 0.1) is 28.3 Å². The Morgan fingerprint density at radius 1 is 1.25 bits per heavy atom. The number of carbonyl (C=O) groups excluding carboxylic acids is 1. The summed E-state index contributed by atoms with van der Waals surface area (Å²) in [5, 5.41) is 3.17. The van der Waals surface area contributed by atoms with Gasteiger partial charge in [0.2, 0.25) is 10.0 Å². The zero-order chi connectivity index (χ0) is 20.1. The molecule has 0 spiro atoms. The fraction of sp³-hybridized carbons (Fsp3) is 0.158. The first-order valence-electron chi connectivity index (χ1n) is 8.31. The van der Waals surface area contributed by atoms with E-state index in [0.29, 0.717) is 17.3 Å². The summed E-state index contributed by atoms with van der Waals surface area (Å²) in [6, 6.07) is 11.1. The highest BCUT2D eigenvalue weighted by molar-refractivity contribution is 7.89. The second-order valence-electron chi connectivity index (χ2n) is 5.59. The molecule has 2 aromatic carbocycles. The summed E-state index contributed by atoms with van der Waals surface area (Å²) in [6.07, 6.45) is 5.06. The van der Waals surface area contributed by atoms with Crippen LogP contribution < -0.4 is 14.8 Å². The molecule has 2 N–H and O–H groups in total. The van der Waals surface area contributed by atoms with Crippen molar-refractivity contribution in [3.63, 3.8) is 0 Å². The van der Waals surface area contributed by atoms with Crippen molar-refractivity contribution in [2.75, 3.05) is 18.5 Å². The second-order valence-corrected chi connectivity index (χ2v) is 8.39. The number of hydrogen-bond acceptors (Lipinski definition) is 6. The zero-order valence-electron chi connectivity index (χ0n) is 14.9. The Morgan fingerprint density at radius 2 is 2.00 bits per heavy atom. The highest BCUT2D eigenvalue weighted by Crippen LogP contribution is 2.29. The van der Waals surface area contributed by atoms with E-state index in [1.54, 1.807) is 0 Å². The fourth-order valence-electron chi connectivity index (χ4n) is 2.39. The molecule has 0 bridgehead atoms. The number of thiazole rings is 1. The van der Waals surface area contributed by atoms with Gasteiger partial charge in [-0.2, -0.15) is 4.72 Å². The maximum Gasteiger partial charge on any atom is 0.257 e. The Morgan fingerprint density at radius 3 is 2.68 bits per heavy atom. The summed E-state index contributed by atoms with van der Waals surface area (Å²) in [4.78, 5) is 16.8. The number of amides is 1. The van der Waals surface area contributed by atoms with Crippen molar-refractivity contribution in [1.82, 2.24) is 9.71 Å². The lowest BCUT2D eigenvalue weighted by atomic mass is 10.2. The molecule has 28 heavy (non-hydrogen) atoms. The highest BCUT2D eigenvalue weighted by Gasteiger charge is 2.15. The normalized spacial score (nSPS) is 11.1. The van der Waals surface area contributed by atoms with Crippen LogP contribution >= 0.6 is 11.3 Å². The van der Waals surface area contributed by atoms with Gasteiger partial charge in [0, 0.05) is 5.56 Å². The Hall–Kier alpha value is -2.93. The maximum atomic E-state index is 12.4. The van der Waals surface area contributed by atoms with E-state index < -0.39 is 10.0 Å². The number of fused-ring (bicyclic) bond motifs is 1. The van der Waals surface area contributed by atoms with Gasteiger partial charge < -0.3 is 4.74 Å². The number of terminal acetylenes is 1. The summed E-state index contributed by atoms with van der Waals surface area (Å²) in [5.74, 6) is 2.56.